The van der Waals surface area contributed by atoms with Gasteiger partial charge in [0.2, 0.25) is 0 Å². The van der Waals surface area contributed by atoms with Crippen LogP contribution < -0.4 is 5.32 Å². The number of carbonyl (C=O) groups is 1. The van der Waals surface area contributed by atoms with Crippen LogP contribution in [-0.2, 0) is 6.54 Å². The zero-order valence-electron chi connectivity index (χ0n) is 16.0. The predicted octanol–water partition coefficient (Wildman–Crippen LogP) is 3.76. The predicted molar refractivity (Wildman–Crippen MR) is 101 cm³/mol. The summed E-state index contributed by atoms with van der Waals surface area (Å²) in [6.45, 7) is 4.81. The van der Waals surface area contributed by atoms with Crippen LogP contribution >= 0.6 is 0 Å². The number of hydrogen-bond donors (Lipinski definition) is 1. The molecule has 2 heterocycles. The maximum Gasteiger partial charge on any atom is 0.317 e. The van der Waals surface area contributed by atoms with Gasteiger partial charge in [0.1, 0.15) is 5.82 Å². The molecule has 6 rings (SSSR count). The Labute approximate surface area is 156 Å². The number of nitrogens with zero attached hydrogens (tertiary/aromatic N) is 3. The number of amides is 2. The highest BCUT2D eigenvalue weighted by molar-refractivity contribution is 5.75. The average Bonchev–Trinajstić information content (AvgIpc) is 3.09. The van der Waals surface area contributed by atoms with Crippen LogP contribution in [0.2, 0.25) is 0 Å². The number of nitrogens with one attached hydrogen (secondary N) is 1. The topological polar surface area (TPSA) is 50.2 Å². The smallest absolute Gasteiger partial charge is 0.317 e. The fourth-order valence-electron chi connectivity index (χ4n) is 6.89. The van der Waals surface area contributed by atoms with Crippen LogP contribution in [0.1, 0.15) is 70.0 Å². The van der Waals surface area contributed by atoms with Crippen molar-refractivity contribution in [1.82, 2.24) is 19.8 Å². The molecular formula is C21H32N4O. The van der Waals surface area contributed by atoms with Gasteiger partial charge in [0, 0.05) is 43.5 Å². The van der Waals surface area contributed by atoms with E-state index in [0.717, 1.165) is 56.1 Å². The quantitative estimate of drug-likeness (QED) is 0.896. The van der Waals surface area contributed by atoms with Crippen LogP contribution in [-0.4, -0.2) is 39.1 Å². The summed E-state index contributed by atoms with van der Waals surface area (Å²) < 4.78 is 2.23. The van der Waals surface area contributed by atoms with Crippen molar-refractivity contribution in [3.05, 3.63) is 18.2 Å². The van der Waals surface area contributed by atoms with E-state index in [-0.39, 0.29) is 11.6 Å². The van der Waals surface area contributed by atoms with Crippen molar-refractivity contribution in [3.63, 3.8) is 0 Å². The van der Waals surface area contributed by atoms with E-state index in [4.69, 9.17) is 0 Å². The molecule has 4 saturated carbocycles. The van der Waals surface area contributed by atoms with Gasteiger partial charge in [0.05, 0.1) is 0 Å². The molecule has 26 heavy (non-hydrogen) atoms. The Balaban J connectivity index is 1.27. The second kappa shape index (κ2) is 6.28. The third kappa shape index (κ3) is 2.84. The van der Waals surface area contributed by atoms with Gasteiger partial charge < -0.3 is 14.8 Å². The van der Waals surface area contributed by atoms with Crippen molar-refractivity contribution in [2.24, 2.45) is 17.8 Å². The zero-order chi connectivity index (χ0) is 17.7. The van der Waals surface area contributed by atoms with Crippen molar-refractivity contribution < 1.29 is 4.79 Å². The Hall–Kier alpha value is -1.52. The third-order valence-electron chi connectivity index (χ3n) is 7.57. The molecule has 0 radical (unpaired) electrons. The SMILES string of the molecule is CCn1ccnc1[C@H]1CCCN(C(=O)NC23CC4CC(CC(C4)C2)C3)C1. The van der Waals surface area contributed by atoms with Crippen LogP contribution in [0.5, 0.6) is 0 Å². The number of carbonyl (C=O) groups excluding carboxylic acids is 1. The minimum atomic E-state index is 0.112. The molecule has 1 atom stereocenters. The Morgan fingerprint density at radius 3 is 2.58 bits per heavy atom. The highest BCUT2D eigenvalue weighted by Crippen LogP contribution is 2.55. The maximum absolute atomic E-state index is 13.1. The van der Waals surface area contributed by atoms with E-state index in [2.05, 4.69) is 32.9 Å². The summed E-state index contributed by atoms with van der Waals surface area (Å²) in [5, 5.41) is 3.55. The Kier molecular flexibility index (Phi) is 4.02. The van der Waals surface area contributed by atoms with Crippen molar-refractivity contribution in [1.29, 1.82) is 0 Å². The zero-order valence-corrected chi connectivity index (χ0v) is 16.0. The lowest BCUT2D eigenvalue weighted by Gasteiger charge is -2.57. The van der Waals surface area contributed by atoms with Crippen molar-refractivity contribution in [2.75, 3.05) is 13.1 Å². The molecule has 1 aromatic rings. The molecule has 1 aromatic heterocycles. The molecule has 1 N–H and O–H groups in total. The number of urea groups is 1. The minimum Gasteiger partial charge on any atom is -0.335 e. The molecule has 0 spiro atoms. The molecule has 2 amide bonds. The van der Waals surface area contributed by atoms with E-state index in [1.165, 1.54) is 38.5 Å². The summed E-state index contributed by atoms with van der Waals surface area (Å²) >= 11 is 0. The van der Waals surface area contributed by atoms with Gasteiger partial charge in [-0.1, -0.05) is 0 Å². The monoisotopic (exact) mass is 356 g/mol. The first-order valence-corrected chi connectivity index (χ1v) is 10.7. The van der Waals surface area contributed by atoms with Gasteiger partial charge in [-0.15, -0.1) is 0 Å². The molecular weight excluding hydrogens is 324 g/mol. The Bertz CT molecular complexity index is 646. The molecule has 142 valence electrons. The van der Waals surface area contributed by atoms with E-state index in [1.807, 2.05) is 6.20 Å². The average molecular weight is 357 g/mol. The first-order chi connectivity index (χ1) is 12.6. The second-order valence-electron chi connectivity index (χ2n) is 9.48. The molecule has 4 aliphatic carbocycles. The molecule has 0 unspecified atom stereocenters. The molecule has 1 saturated heterocycles. The van der Waals surface area contributed by atoms with Crippen LogP contribution in [0.25, 0.3) is 0 Å². The van der Waals surface area contributed by atoms with Crippen molar-refractivity contribution in [2.45, 2.75) is 76.3 Å². The minimum absolute atomic E-state index is 0.112. The standard InChI is InChI=1S/C21H32N4O/c1-2-24-7-5-22-19(24)18-4-3-6-25(14-18)20(26)23-21-11-15-8-16(12-21)10-17(9-15)13-21/h5,7,15-18H,2-4,6,8-14H2,1H3,(H,23,26)/t15?,16?,17?,18-,21?/m0/s1. The van der Waals surface area contributed by atoms with Gasteiger partial charge in [-0.05, 0) is 76.0 Å². The number of rotatable bonds is 3. The third-order valence-corrected chi connectivity index (χ3v) is 7.57. The fraction of sp³-hybridized carbons (Fsp3) is 0.810. The highest BCUT2D eigenvalue weighted by Gasteiger charge is 2.52. The summed E-state index contributed by atoms with van der Waals surface area (Å²) in [7, 11) is 0. The molecule has 5 heteroatoms. The molecule has 0 aromatic carbocycles. The van der Waals surface area contributed by atoms with Crippen LogP contribution in [0.4, 0.5) is 4.79 Å². The number of aryl methyl sites for hydroxylation is 1. The number of aromatic nitrogens is 2. The summed E-state index contributed by atoms with van der Waals surface area (Å²) in [4.78, 5) is 19.8. The fourth-order valence-corrected chi connectivity index (χ4v) is 6.89. The van der Waals surface area contributed by atoms with Gasteiger partial charge in [-0.2, -0.15) is 0 Å². The lowest BCUT2D eigenvalue weighted by atomic mass is 9.53. The van der Waals surface area contributed by atoms with E-state index < -0.39 is 0 Å². The van der Waals surface area contributed by atoms with Gasteiger partial charge in [0.25, 0.3) is 0 Å². The van der Waals surface area contributed by atoms with E-state index in [9.17, 15) is 4.79 Å². The first-order valence-electron chi connectivity index (χ1n) is 10.7. The molecule has 1 aliphatic heterocycles. The van der Waals surface area contributed by atoms with Crippen LogP contribution in [0.3, 0.4) is 0 Å². The molecule has 5 fully saturated rings. The number of hydrogen-bond acceptors (Lipinski definition) is 2. The normalized spacial score (nSPS) is 38.6. The van der Waals surface area contributed by atoms with E-state index >= 15 is 0 Å². The lowest BCUT2D eigenvalue weighted by Crippen LogP contribution is -2.62. The highest BCUT2D eigenvalue weighted by atomic mass is 16.2. The summed E-state index contributed by atoms with van der Waals surface area (Å²) in [5.41, 5.74) is 0.112. The van der Waals surface area contributed by atoms with Crippen LogP contribution in [0.15, 0.2) is 12.4 Å². The summed E-state index contributed by atoms with van der Waals surface area (Å²) in [6.07, 6.45) is 14.1. The summed E-state index contributed by atoms with van der Waals surface area (Å²) in [6, 6.07) is 0.186. The van der Waals surface area contributed by atoms with Gasteiger partial charge in [0.15, 0.2) is 0 Å². The largest absolute Gasteiger partial charge is 0.335 e. The van der Waals surface area contributed by atoms with E-state index in [0.29, 0.717) is 5.92 Å². The van der Waals surface area contributed by atoms with Gasteiger partial charge >= 0.3 is 6.03 Å². The van der Waals surface area contributed by atoms with Crippen molar-refractivity contribution in [3.8, 4) is 0 Å². The lowest BCUT2D eigenvalue weighted by molar-refractivity contribution is -0.0161. The van der Waals surface area contributed by atoms with E-state index in [1.54, 1.807) is 0 Å². The van der Waals surface area contributed by atoms with Crippen LogP contribution in [0, 0.1) is 17.8 Å². The summed E-state index contributed by atoms with van der Waals surface area (Å²) in [5.74, 6) is 4.13. The maximum atomic E-state index is 13.1. The van der Waals surface area contributed by atoms with Gasteiger partial charge in [-0.3, -0.25) is 0 Å². The number of piperidine rings is 1. The second-order valence-corrected chi connectivity index (χ2v) is 9.48. The van der Waals surface area contributed by atoms with Crippen molar-refractivity contribution >= 4 is 6.03 Å². The molecule has 4 bridgehead atoms. The Morgan fingerprint density at radius 1 is 1.23 bits per heavy atom. The number of likely N-dealkylation sites (tertiary alicyclic amines) is 1. The molecule has 5 nitrogen and oxygen atoms in total. The first kappa shape index (κ1) is 16.6. The Morgan fingerprint density at radius 2 is 1.92 bits per heavy atom. The number of imidazole rings is 1. The molecule has 5 aliphatic rings. The van der Waals surface area contributed by atoms with Gasteiger partial charge in [-0.25, -0.2) is 9.78 Å².